The Kier molecular flexibility index (Phi) is 3.44. The maximum Gasteiger partial charge on any atom is 0.0479 e. The van der Waals surface area contributed by atoms with E-state index < -0.39 is 0 Å². The summed E-state index contributed by atoms with van der Waals surface area (Å²) < 4.78 is 2.23. The van der Waals surface area contributed by atoms with Gasteiger partial charge in [-0.15, -0.1) is 0 Å². The van der Waals surface area contributed by atoms with Crippen LogP contribution in [0.25, 0.3) is 18.2 Å². The second-order valence-electron chi connectivity index (χ2n) is 6.07. The molecule has 1 heteroatoms. The van der Waals surface area contributed by atoms with Crippen LogP contribution in [0.3, 0.4) is 0 Å². The predicted molar refractivity (Wildman–Crippen MR) is 97.4 cm³/mol. The van der Waals surface area contributed by atoms with Crippen LogP contribution in [-0.4, -0.2) is 4.57 Å². The summed E-state index contributed by atoms with van der Waals surface area (Å²) >= 11 is 0. The van der Waals surface area contributed by atoms with Crippen LogP contribution in [0, 0.1) is 11.8 Å². The van der Waals surface area contributed by atoms with Gasteiger partial charge in [0.2, 0.25) is 0 Å². The first kappa shape index (κ1) is 14.6. The Morgan fingerprint density at radius 3 is 2.27 bits per heavy atom. The van der Waals surface area contributed by atoms with E-state index >= 15 is 0 Å². The van der Waals surface area contributed by atoms with Crippen molar-refractivity contribution in [3.8, 4) is 0 Å². The summed E-state index contributed by atoms with van der Waals surface area (Å²) in [6.45, 7) is 18.3. The average molecular weight is 289 g/mol. The molecule has 1 aromatic rings. The first-order chi connectivity index (χ1) is 10.6. The lowest BCUT2D eigenvalue weighted by atomic mass is 9.81. The molecule has 0 bridgehead atoms. The number of hydrogen-bond acceptors (Lipinski definition) is 0. The van der Waals surface area contributed by atoms with Crippen LogP contribution in [0.15, 0.2) is 55.2 Å². The lowest BCUT2D eigenvalue weighted by Crippen LogP contribution is -2.14. The molecule has 2 aliphatic carbocycles. The number of aromatic nitrogens is 1. The number of hydrogen-bond donors (Lipinski definition) is 0. The highest BCUT2D eigenvalue weighted by Crippen LogP contribution is 2.48. The highest BCUT2D eigenvalue weighted by Gasteiger charge is 2.37. The molecule has 1 aromatic heterocycles. The Balaban J connectivity index is 2.23. The van der Waals surface area contributed by atoms with Crippen LogP contribution in [0.2, 0.25) is 0 Å². The minimum absolute atomic E-state index is 0.415. The van der Waals surface area contributed by atoms with Gasteiger partial charge in [-0.05, 0) is 35.3 Å². The molecule has 1 nitrogen and oxygen atoms in total. The van der Waals surface area contributed by atoms with Gasteiger partial charge in [-0.25, -0.2) is 0 Å². The molecule has 1 heterocycles. The molecule has 0 aliphatic heterocycles. The zero-order chi connectivity index (χ0) is 16.0. The van der Waals surface area contributed by atoms with Crippen LogP contribution in [0.5, 0.6) is 0 Å². The lowest BCUT2D eigenvalue weighted by Gasteiger charge is -2.23. The molecule has 0 amide bonds. The van der Waals surface area contributed by atoms with Gasteiger partial charge in [0.25, 0.3) is 0 Å². The molecular formula is C21H23N. The monoisotopic (exact) mass is 289 g/mol. The highest BCUT2D eigenvalue weighted by molar-refractivity contribution is 5.75. The Labute approximate surface area is 133 Å². The van der Waals surface area contributed by atoms with Gasteiger partial charge in [-0.1, -0.05) is 57.0 Å². The quantitative estimate of drug-likeness (QED) is 0.719. The molecule has 112 valence electrons. The van der Waals surface area contributed by atoms with Crippen molar-refractivity contribution in [3.05, 3.63) is 77.7 Å². The summed E-state index contributed by atoms with van der Waals surface area (Å²) in [5.41, 5.74) is 9.16. The smallest absolute Gasteiger partial charge is 0.0479 e. The molecule has 22 heavy (non-hydrogen) atoms. The van der Waals surface area contributed by atoms with Gasteiger partial charge in [0.1, 0.15) is 0 Å². The zero-order valence-corrected chi connectivity index (χ0v) is 13.5. The molecular weight excluding hydrogens is 266 g/mol. The molecule has 2 unspecified atom stereocenters. The average Bonchev–Trinajstić information content (AvgIpc) is 2.96. The third-order valence-corrected chi connectivity index (χ3v) is 5.26. The maximum atomic E-state index is 4.03. The van der Waals surface area contributed by atoms with E-state index in [1.54, 1.807) is 0 Å². The Bertz CT molecular complexity index is 764. The van der Waals surface area contributed by atoms with E-state index in [2.05, 4.69) is 50.9 Å². The van der Waals surface area contributed by atoms with Gasteiger partial charge in [-0.3, -0.25) is 0 Å². The molecule has 0 fully saturated rings. The predicted octanol–water partition coefficient (Wildman–Crippen LogP) is 5.19. The Morgan fingerprint density at radius 2 is 1.73 bits per heavy atom. The van der Waals surface area contributed by atoms with E-state index in [4.69, 9.17) is 0 Å². The van der Waals surface area contributed by atoms with Crippen molar-refractivity contribution in [1.29, 1.82) is 0 Å². The van der Waals surface area contributed by atoms with Gasteiger partial charge in [0.15, 0.2) is 0 Å². The molecule has 2 atom stereocenters. The molecule has 3 rings (SSSR count). The second kappa shape index (κ2) is 5.17. The number of nitrogens with zero attached hydrogens (tertiary/aromatic N) is 1. The fourth-order valence-corrected chi connectivity index (χ4v) is 4.16. The molecule has 0 saturated carbocycles. The normalized spacial score (nSPS) is 22.7. The van der Waals surface area contributed by atoms with Crippen LogP contribution in [-0.2, 0) is 13.5 Å². The third-order valence-electron chi connectivity index (χ3n) is 5.26. The SMILES string of the molecule is C=CC1=C(C=C)C2Cc3c(C=C)c(C=C)n(C)c3C=C2C1C. The van der Waals surface area contributed by atoms with Gasteiger partial charge in [0.05, 0.1) is 0 Å². The van der Waals surface area contributed by atoms with E-state index in [9.17, 15) is 0 Å². The molecule has 0 radical (unpaired) electrons. The van der Waals surface area contributed by atoms with Gasteiger partial charge in [0, 0.05) is 35.8 Å². The van der Waals surface area contributed by atoms with E-state index in [0.29, 0.717) is 11.8 Å². The number of rotatable bonds is 4. The van der Waals surface area contributed by atoms with Crippen molar-refractivity contribution in [2.45, 2.75) is 13.3 Å². The van der Waals surface area contributed by atoms with Crippen LogP contribution < -0.4 is 0 Å². The minimum atomic E-state index is 0.415. The summed E-state index contributed by atoms with van der Waals surface area (Å²) in [7, 11) is 2.11. The maximum absolute atomic E-state index is 4.03. The highest BCUT2D eigenvalue weighted by atomic mass is 15.0. The van der Waals surface area contributed by atoms with E-state index in [1.165, 1.54) is 33.5 Å². The fourth-order valence-electron chi connectivity index (χ4n) is 4.16. The molecule has 0 spiro atoms. The summed E-state index contributed by atoms with van der Waals surface area (Å²) in [5.74, 6) is 0.838. The van der Waals surface area contributed by atoms with Crippen molar-refractivity contribution in [2.24, 2.45) is 18.9 Å². The second-order valence-corrected chi connectivity index (χ2v) is 6.07. The first-order valence-corrected chi connectivity index (χ1v) is 7.75. The standard InChI is InChI=1S/C21H23N/c1-7-14-13(5)17-12-21-19(11-18(17)15(14)8-2)16(9-3)20(10-4)22(21)6/h7-10,12-13,18H,1-4,11H2,5-6H3. The minimum Gasteiger partial charge on any atom is -0.344 e. The largest absolute Gasteiger partial charge is 0.344 e. The molecule has 2 aliphatic rings. The first-order valence-electron chi connectivity index (χ1n) is 7.75. The van der Waals surface area contributed by atoms with Crippen molar-refractivity contribution < 1.29 is 0 Å². The van der Waals surface area contributed by atoms with Crippen LogP contribution in [0.1, 0.15) is 29.4 Å². The van der Waals surface area contributed by atoms with E-state index in [0.717, 1.165) is 12.1 Å². The van der Waals surface area contributed by atoms with Crippen molar-refractivity contribution in [1.82, 2.24) is 4.57 Å². The number of fused-ring (bicyclic) bond motifs is 2. The summed E-state index contributed by atoms with van der Waals surface area (Å²) in [6, 6.07) is 0. The van der Waals surface area contributed by atoms with Gasteiger partial charge >= 0.3 is 0 Å². The van der Waals surface area contributed by atoms with Crippen molar-refractivity contribution >= 4 is 18.2 Å². The molecule has 0 saturated heterocycles. The number of allylic oxidation sites excluding steroid dienone is 5. The van der Waals surface area contributed by atoms with Crippen LogP contribution in [0.4, 0.5) is 0 Å². The zero-order valence-electron chi connectivity index (χ0n) is 13.5. The van der Waals surface area contributed by atoms with Crippen LogP contribution >= 0.6 is 0 Å². The van der Waals surface area contributed by atoms with Crippen molar-refractivity contribution in [3.63, 3.8) is 0 Å². The van der Waals surface area contributed by atoms with Gasteiger partial charge < -0.3 is 4.57 Å². The van der Waals surface area contributed by atoms with Crippen molar-refractivity contribution in [2.75, 3.05) is 0 Å². The van der Waals surface area contributed by atoms with E-state index in [-0.39, 0.29) is 0 Å². The Hall–Kier alpha value is -2.28. The lowest BCUT2D eigenvalue weighted by molar-refractivity contribution is 0.681. The van der Waals surface area contributed by atoms with Gasteiger partial charge in [-0.2, -0.15) is 0 Å². The summed E-state index contributed by atoms with van der Waals surface area (Å²) in [6.07, 6.45) is 11.2. The summed E-state index contributed by atoms with van der Waals surface area (Å²) in [5, 5.41) is 0. The fraction of sp³-hybridized carbons (Fsp3) is 0.238. The van der Waals surface area contributed by atoms with E-state index in [1.807, 2.05) is 24.3 Å². The Morgan fingerprint density at radius 1 is 1.05 bits per heavy atom. The third kappa shape index (κ3) is 1.72. The summed E-state index contributed by atoms with van der Waals surface area (Å²) in [4.78, 5) is 0. The topological polar surface area (TPSA) is 4.93 Å². The molecule has 0 N–H and O–H groups in total. The molecule has 0 aromatic carbocycles.